The van der Waals surface area contributed by atoms with Gasteiger partial charge in [0, 0.05) is 12.1 Å². The molecule has 2 N–H and O–H groups in total. The highest BCUT2D eigenvalue weighted by atomic mass is 16.2. The van der Waals surface area contributed by atoms with Crippen LogP contribution in [0.1, 0.15) is 71.9 Å². The molecule has 0 aliphatic carbocycles. The maximum Gasteiger partial charge on any atom is 0.315 e. The molecular formula is C20H34N2O. The van der Waals surface area contributed by atoms with E-state index in [1.165, 1.54) is 11.1 Å². The van der Waals surface area contributed by atoms with E-state index in [2.05, 4.69) is 83.4 Å². The van der Waals surface area contributed by atoms with Crippen LogP contribution in [0.5, 0.6) is 0 Å². The quantitative estimate of drug-likeness (QED) is 0.772. The molecule has 1 atom stereocenters. The van der Waals surface area contributed by atoms with Crippen LogP contribution in [0.15, 0.2) is 24.3 Å². The number of aryl methyl sites for hydroxylation is 1. The first-order chi connectivity index (χ1) is 10.5. The summed E-state index contributed by atoms with van der Waals surface area (Å²) in [7, 11) is 0. The number of amides is 2. The zero-order valence-corrected chi connectivity index (χ0v) is 15.9. The molecule has 0 bridgehead atoms. The topological polar surface area (TPSA) is 41.1 Å². The molecule has 1 aromatic rings. The Morgan fingerprint density at radius 2 is 1.65 bits per heavy atom. The fraction of sp³-hybridized carbons (Fsp3) is 0.650. The second-order valence-corrected chi connectivity index (χ2v) is 8.45. The van der Waals surface area contributed by atoms with Gasteiger partial charge in [0.05, 0.1) is 0 Å². The summed E-state index contributed by atoms with van der Waals surface area (Å²) in [5, 5.41) is 6.06. The Hall–Kier alpha value is -1.51. The van der Waals surface area contributed by atoms with Gasteiger partial charge in [0.2, 0.25) is 0 Å². The summed E-state index contributed by atoms with van der Waals surface area (Å²) >= 11 is 0. The highest BCUT2D eigenvalue weighted by Gasteiger charge is 2.24. The minimum Gasteiger partial charge on any atom is -0.338 e. The Bertz CT molecular complexity index is 497. The Morgan fingerprint density at radius 3 is 2.13 bits per heavy atom. The minimum atomic E-state index is -0.245. The minimum absolute atomic E-state index is 0.0848. The van der Waals surface area contributed by atoms with E-state index in [4.69, 9.17) is 0 Å². The van der Waals surface area contributed by atoms with Crippen LogP contribution < -0.4 is 10.6 Å². The van der Waals surface area contributed by atoms with Crippen molar-refractivity contribution in [3.8, 4) is 0 Å². The molecule has 2 amide bonds. The first kappa shape index (κ1) is 19.5. The van der Waals surface area contributed by atoms with E-state index in [1.54, 1.807) is 0 Å². The predicted octanol–water partition coefficient (Wildman–Crippen LogP) is 4.87. The van der Waals surface area contributed by atoms with Gasteiger partial charge in [-0.05, 0) is 49.1 Å². The third kappa shape index (κ3) is 7.54. The van der Waals surface area contributed by atoms with E-state index in [9.17, 15) is 4.79 Å². The van der Waals surface area contributed by atoms with Crippen molar-refractivity contribution in [2.75, 3.05) is 6.54 Å². The molecule has 23 heavy (non-hydrogen) atoms. The van der Waals surface area contributed by atoms with Crippen LogP contribution in [-0.2, 0) is 6.42 Å². The maximum absolute atomic E-state index is 12.1. The van der Waals surface area contributed by atoms with Crippen LogP contribution >= 0.6 is 0 Å². The fourth-order valence-corrected chi connectivity index (χ4v) is 2.71. The van der Waals surface area contributed by atoms with E-state index >= 15 is 0 Å². The fourth-order valence-electron chi connectivity index (χ4n) is 2.71. The maximum atomic E-state index is 12.1. The van der Waals surface area contributed by atoms with Gasteiger partial charge in [-0.2, -0.15) is 0 Å². The van der Waals surface area contributed by atoms with Gasteiger partial charge in [-0.3, -0.25) is 0 Å². The molecule has 0 aliphatic heterocycles. The van der Waals surface area contributed by atoms with Crippen molar-refractivity contribution in [3.05, 3.63) is 35.4 Å². The molecule has 0 saturated carbocycles. The van der Waals surface area contributed by atoms with Gasteiger partial charge in [-0.1, -0.05) is 58.9 Å². The number of carbonyl (C=O) groups is 1. The summed E-state index contributed by atoms with van der Waals surface area (Å²) in [6.45, 7) is 15.6. The summed E-state index contributed by atoms with van der Waals surface area (Å²) in [6, 6.07) is 8.72. The Labute approximate surface area is 142 Å². The molecule has 0 aliphatic rings. The lowest BCUT2D eigenvalue weighted by molar-refractivity contribution is 0.221. The summed E-state index contributed by atoms with van der Waals surface area (Å²) in [5.74, 6) is 0.402. The molecule has 3 heteroatoms. The molecule has 0 radical (unpaired) electrons. The van der Waals surface area contributed by atoms with E-state index in [0.717, 1.165) is 12.8 Å². The number of hydrogen-bond donors (Lipinski definition) is 2. The average Bonchev–Trinajstić information content (AvgIpc) is 2.43. The molecule has 0 saturated heterocycles. The van der Waals surface area contributed by atoms with Crippen LogP contribution in [0.2, 0.25) is 0 Å². The van der Waals surface area contributed by atoms with Crippen molar-refractivity contribution in [1.82, 2.24) is 10.6 Å². The Kier molecular flexibility index (Phi) is 6.67. The Balaban J connectivity index is 2.57. The number of rotatable bonds is 6. The van der Waals surface area contributed by atoms with Crippen molar-refractivity contribution < 1.29 is 4.79 Å². The zero-order chi connectivity index (χ0) is 17.7. The first-order valence-corrected chi connectivity index (χ1v) is 8.67. The Morgan fingerprint density at radius 1 is 1.09 bits per heavy atom. The van der Waals surface area contributed by atoms with Crippen LogP contribution in [0.25, 0.3) is 0 Å². The number of hydrogen-bond acceptors (Lipinski definition) is 1. The third-order valence-electron chi connectivity index (χ3n) is 4.00. The highest BCUT2D eigenvalue weighted by molar-refractivity contribution is 5.74. The number of benzene rings is 1. The molecular weight excluding hydrogens is 284 g/mol. The monoisotopic (exact) mass is 318 g/mol. The molecule has 3 nitrogen and oxygen atoms in total. The average molecular weight is 319 g/mol. The first-order valence-electron chi connectivity index (χ1n) is 8.67. The van der Waals surface area contributed by atoms with Crippen LogP contribution in [0, 0.1) is 5.41 Å². The van der Waals surface area contributed by atoms with Crippen molar-refractivity contribution in [2.45, 2.75) is 72.8 Å². The van der Waals surface area contributed by atoms with Gasteiger partial charge in [-0.15, -0.1) is 0 Å². The standard InChI is InChI=1S/C20H34N2O/c1-8-16-9-11-17(12-10-16)15(2)13-20(6,7)22-18(23)21-14-19(3,4)5/h9-12,15H,8,13-14H2,1-7H3,(H2,21,22,23). The van der Waals surface area contributed by atoms with E-state index in [0.29, 0.717) is 12.5 Å². The zero-order valence-electron chi connectivity index (χ0n) is 15.9. The van der Waals surface area contributed by atoms with Crippen molar-refractivity contribution >= 4 is 6.03 Å². The molecule has 0 spiro atoms. The van der Waals surface area contributed by atoms with E-state index < -0.39 is 0 Å². The van der Waals surface area contributed by atoms with Crippen molar-refractivity contribution in [1.29, 1.82) is 0 Å². The molecule has 0 heterocycles. The molecule has 0 fully saturated rings. The van der Waals surface area contributed by atoms with Gasteiger partial charge in [-0.25, -0.2) is 4.79 Å². The van der Waals surface area contributed by atoms with Gasteiger partial charge in [0.1, 0.15) is 0 Å². The smallest absolute Gasteiger partial charge is 0.315 e. The third-order valence-corrected chi connectivity index (χ3v) is 4.00. The molecule has 1 unspecified atom stereocenters. The number of nitrogens with one attached hydrogen (secondary N) is 2. The second kappa shape index (κ2) is 7.85. The summed E-state index contributed by atoms with van der Waals surface area (Å²) in [6.07, 6.45) is 1.97. The molecule has 0 aromatic heterocycles. The van der Waals surface area contributed by atoms with Gasteiger partial charge in [0.15, 0.2) is 0 Å². The number of carbonyl (C=O) groups excluding carboxylic acids is 1. The molecule has 1 aromatic carbocycles. The lowest BCUT2D eigenvalue weighted by atomic mass is 9.87. The lowest BCUT2D eigenvalue weighted by Gasteiger charge is -2.30. The number of urea groups is 1. The summed E-state index contributed by atoms with van der Waals surface area (Å²) < 4.78 is 0. The lowest BCUT2D eigenvalue weighted by Crippen LogP contribution is -2.50. The predicted molar refractivity (Wildman–Crippen MR) is 98.9 cm³/mol. The summed E-state index contributed by atoms with van der Waals surface area (Å²) in [5.41, 5.74) is 2.53. The SMILES string of the molecule is CCc1ccc(C(C)CC(C)(C)NC(=O)NCC(C)(C)C)cc1. The second-order valence-electron chi connectivity index (χ2n) is 8.45. The van der Waals surface area contributed by atoms with E-state index in [-0.39, 0.29) is 17.0 Å². The van der Waals surface area contributed by atoms with Gasteiger partial charge >= 0.3 is 6.03 Å². The van der Waals surface area contributed by atoms with Crippen LogP contribution in [0.4, 0.5) is 4.79 Å². The van der Waals surface area contributed by atoms with Crippen LogP contribution in [-0.4, -0.2) is 18.1 Å². The van der Waals surface area contributed by atoms with Gasteiger partial charge < -0.3 is 10.6 Å². The normalized spacial score (nSPS) is 13.5. The highest BCUT2D eigenvalue weighted by Crippen LogP contribution is 2.26. The van der Waals surface area contributed by atoms with Crippen LogP contribution in [0.3, 0.4) is 0 Å². The van der Waals surface area contributed by atoms with Gasteiger partial charge in [0.25, 0.3) is 0 Å². The van der Waals surface area contributed by atoms with Crippen molar-refractivity contribution in [2.24, 2.45) is 5.41 Å². The molecule has 130 valence electrons. The van der Waals surface area contributed by atoms with Crippen molar-refractivity contribution in [3.63, 3.8) is 0 Å². The van der Waals surface area contributed by atoms with E-state index in [1.807, 2.05) is 0 Å². The summed E-state index contributed by atoms with van der Waals surface area (Å²) in [4.78, 5) is 12.1. The largest absolute Gasteiger partial charge is 0.338 e. The molecule has 1 rings (SSSR count).